The highest BCUT2D eigenvalue weighted by Crippen LogP contribution is 2.14. The minimum Gasteiger partial charge on any atom is -0.311 e. The number of rotatable bonds is 1. The monoisotopic (exact) mass is 215 g/mol. The topological polar surface area (TPSA) is 44.7 Å². The summed E-state index contributed by atoms with van der Waals surface area (Å²) < 4.78 is 0. The van der Waals surface area contributed by atoms with Crippen LogP contribution in [0.2, 0.25) is 0 Å². The Bertz CT molecular complexity index is 462. The van der Waals surface area contributed by atoms with Crippen LogP contribution in [0.1, 0.15) is 5.56 Å². The van der Waals surface area contributed by atoms with Crippen LogP contribution in [0, 0.1) is 0 Å². The van der Waals surface area contributed by atoms with E-state index in [-0.39, 0.29) is 5.91 Å². The molecule has 0 bridgehead atoms. The zero-order valence-corrected chi connectivity index (χ0v) is 9.27. The number of likely N-dealkylation sites (N-methyl/N-ethyl adjacent to an activating group) is 1. The van der Waals surface area contributed by atoms with Crippen molar-refractivity contribution in [3.05, 3.63) is 41.6 Å². The van der Waals surface area contributed by atoms with Gasteiger partial charge in [-0.2, -0.15) is 0 Å². The summed E-state index contributed by atoms with van der Waals surface area (Å²) in [5, 5.41) is 2.69. The highest BCUT2D eigenvalue weighted by atomic mass is 16.2. The van der Waals surface area contributed by atoms with Crippen LogP contribution in [0.25, 0.3) is 6.08 Å². The second kappa shape index (κ2) is 4.18. The third-order valence-corrected chi connectivity index (χ3v) is 2.45. The van der Waals surface area contributed by atoms with Gasteiger partial charge in [0.2, 0.25) is 5.96 Å². The van der Waals surface area contributed by atoms with Crippen LogP contribution < -0.4 is 5.32 Å². The normalized spacial score (nSPS) is 20.6. The van der Waals surface area contributed by atoms with Gasteiger partial charge in [-0.3, -0.25) is 15.1 Å². The molecule has 1 saturated heterocycles. The first-order valence-electron chi connectivity index (χ1n) is 5.01. The molecule has 1 aromatic rings. The summed E-state index contributed by atoms with van der Waals surface area (Å²) in [6.07, 6.45) is 1.84. The largest absolute Gasteiger partial charge is 0.311 e. The molecule has 0 saturated carbocycles. The molecule has 1 aliphatic rings. The van der Waals surface area contributed by atoms with Crippen LogP contribution in [0.3, 0.4) is 0 Å². The van der Waals surface area contributed by atoms with E-state index >= 15 is 0 Å². The van der Waals surface area contributed by atoms with Crippen LogP contribution in [0.4, 0.5) is 0 Å². The van der Waals surface area contributed by atoms with Crippen LogP contribution in [-0.4, -0.2) is 30.9 Å². The number of carbonyl (C=O) groups is 1. The molecule has 1 N–H and O–H groups in total. The molecular formula is C12H13N3O. The van der Waals surface area contributed by atoms with Crippen molar-refractivity contribution in [2.24, 2.45) is 4.99 Å². The number of hydrogen-bond acceptors (Lipinski definition) is 2. The number of nitrogens with zero attached hydrogens (tertiary/aromatic N) is 2. The van der Waals surface area contributed by atoms with Crippen LogP contribution >= 0.6 is 0 Å². The van der Waals surface area contributed by atoms with Gasteiger partial charge in [0.1, 0.15) is 5.70 Å². The Balaban J connectivity index is 2.35. The average molecular weight is 215 g/mol. The molecule has 1 heterocycles. The fraction of sp³-hybridized carbons (Fsp3) is 0.167. The number of carbonyl (C=O) groups excluding carboxylic acids is 1. The molecular weight excluding hydrogens is 202 g/mol. The summed E-state index contributed by atoms with van der Waals surface area (Å²) in [6.45, 7) is 0. The number of benzene rings is 1. The minimum atomic E-state index is -0.119. The Hall–Kier alpha value is -2.10. The second-order valence-electron chi connectivity index (χ2n) is 3.50. The number of aliphatic imine (C=N–C) groups is 1. The van der Waals surface area contributed by atoms with Gasteiger partial charge in [-0.15, -0.1) is 0 Å². The van der Waals surface area contributed by atoms with Crippen molar-refractivity contribution >= 4 is 17.9 Å². The van der Waals surface area contributed by atoms with E-state index in [1.54, 1.807) is 11.9 Å². The predicted octanol–water partition coefficient (Wildman–Crippen LogP) is 1.07. The predicted molar refractivity (Wildman–Crippen MR) is 63.7 cm³/mol. The molecule has 1 amide bonds. The van der Waals surface area contributed by atoms with Crippen LogP contribution in [0.5, 0.6) is 0 Å². The molecule has 0 unspecified atom stereocenters. The van der Waals surface area contributed by atoms with E-state index in [4.69, 9.17) is 0 Å². The summed E-state index contributed by atoms with van der Waals surface area (Å²) in [5.41, 5.74) is 1.60. The van der Waals surface area contributed by atoms with Crippen molar-refractivity contribution in [1.82, 2.24) is 10.2 Å². The van der Waals surface area contributed by atoms with E-state index in [2.05, 4.69) is 10.3 Å². The van der Waals surface area contributed by atoms with Crippen molar-refractivity contribution < 1.29 is 4.79 Å². The average Bonchev–Trinajstić information content (AvgIpc) is 2.58. The van der Waals surface area contributed by atoms with Gasteiger partial charge in [0, 0.05) is 14.1 Å². The molecule has 4 heteroatoms. The van der Waals surface area contributed by atoms with E-state index in [1.165, 1.54) is 0 Å². The molecule has 4 nitrogen and oxygen atoms in total. The highest BCUT2D eigenvalue weighted by molar-refractivity contribution is 6.15. The standard InChI is InChI=1S/C12H13N3O/c1-13-12-14-11(16)10(15(12)2)8-9-6-4-3-5-7-9/h3-8H,1-2H3,(H,13,14,16). The molecule has 0 aromatic heterocycles. The van der Waals surface area contributed by atoms with E-state index in [1.807, 2.05) is 43.5 Å². The number of amides is 1. The lowest BCUT2D eigenvalue weighted by Gasteiger charge is -2.09. The lowest BCUT2D eigenvalue weighted by molar-refractivity contribution is -0.115. The first-order chi connectivity index (χ1) is 7.72. The molecule has 1 aliphatic heterocycles. The summed E-state index contributed by atoms with van der Waals surface area (Å²) >= 11 is 0. The fourth-order valence-electron chi connectivity index (χ4n) is 1.59. The zero-order chi connectivity index (χ0) is 11.5. The van der Waals surface area contributed by atoms with Crippen molar-refractivity contribution in [3.8, 4) is 0 Å². The maximum Gasteiger partial charge on any atom is 0.274 e. The Morgan fingerprint density at radius 2 is 2.00 bits per heavy atom. The number of nitrogens with one attached hydrogen (secondary N) is 1. The second-order valence-corrected chi connectivity index (χ2v) is 3.50. The molecule has 0 radical (unpaired) electrons. The maximum atomic E-state index is 11.7. The number of hydrogen-bond donors (Lipinski definition) is 1. The Morgan fingerprint density at radius 1 is 1.31 bits per heavy atom. The Labute approximate surface area is 94.3 Å². The summed E-state index contributed by atoms with van der Waals surface area (Å²) in [4.78, 5) is 17.4. The van der Waals surface area contributed by atoms with E-state index in [9.17, 15) is 4.79 Å². The third-order valence-electron chi connectivity index (χ3n) is 2.45. The van der Waals surface area contributed by atoms with Crippen molar-refractivity contribution in [2.45, 2.75) is 0 Å². The molecule has 16 heavy (non-hydrogen) atoms. The first-order valence-corrected chi connectivity index (χ1v) is 5.01. The highest BCUT2D eigenvalue weighted by Gasteiger charge is 2.27. The van der Waals surface area contributed by atoms with Crippen molar-refractivity contribution in [3.63, 3.8) is 0 Å². The molecule has 2 rings (SSSR count). The smallest absolute Gasteiger partial charge is 0.274 e. The van der Waals surface area contributed by atoms with Gasteiger partial charge in [0.15, 0.2) is 0 Å². The van der Waals surface area contributed by atoms with Crippen molar-refractivity contribution in [1.29, 1.82) is 0 Å². The van der Waals surface area contributed by atoms with E-state index in [0.29, 0.717) is 11.7 Å². The van der Waals surface area contributed by atoms with Gasteiger partial charge in [-0.25, -0.2) is 0 Å². The van der Waals surface area contributed by atoms with Gasteiger partial charge < -0.3 is 4.90 Å². The maximum absolute atomic E-state index is 11.7. The van der Waals surface area contributed by atoms with E-state index < -0.39 is 0 Å². The minimum absolute atomic E-state index is 0.119. The Morgan fingerprint density at radius 3 is 2.56 bits per heavy atom. The van der Waals surface area contributed by atoms with Crippen LogP contribution in [-0.2, 0) is 4.79 Å². The van der Waals surface area contributed by atoms with Gasteiger partial charge in [0.25, 0.3) is 5.91 Å². The summed E-state index contributed by atoms with van der Waals surface area (Å²) in [5.74, 6) is 0.458. The SMILES string of the molecule is CN=C1NC(=O)C(=Cc2ccccc2)N1C. The molecule has 0 spiro atoms. The van der Waals surface area contributed by atoms with E-state index in [0.717, 1.165) is 5.56 Å². The first kappa shape index (κ1) is 10.4. The van der Waals surface area contributed by atoms with Gasteiger partial charge in [0.05, 0.1) is 0 Å². The molecule has 1 aromatic carbocycles. The molecule has 0 aliphatic carbocycles. The quantitative estimate of drug-likeness (QED) is 0.712. The fourth-order valence-corrected chi connectivity index (χ4v) is 1.59. The molecule has 1 fully saturated rings. The van der Waals surface area contributed by atoms with Gasteiger partial charge >= 0.3 is 0 Å². The zero-order valence-electron chi connectivity index (χ0n) is 9.27. The molecule has 0 atom stereocenters. The Kier molecular flexibility index (Phi) is 2.72. The molecule has 82 valence electrons. The summed E-state index contributed by atoms with van der Waals surface area (Å²) in [6, 6.07) is 9.73. The number of guanidine groups is 1. The third kappa shape index (κ3) is 1.82. The summed E-state index contributed by atoms with van der Waals surface area (Å²) in [7, 11) is 3.46. The lowest BCUT2D eigenvalue weighted by Crippen LogP contribution is -2.26. The van der Waals surface area contributed by atoms with Gasteiger partial charge in [-0.05, 0) is 11.6 Å². The van der Waals surface area contributed by atoms with Crippen LogP contribution in [0.15, 0.2) is 41.0 Å². The van der Waals surface area contributed by atoms with Crippen molar-refractivity contribution in [2.75, 3.05) is 14.1 Å². The lowest BCUT2D eigenvalue weighted by atomic mass is 10.2. The van der Waals surface area contributed by atoms with Gasteiger partial charge in [-0.1, -0.05) is 30.3 Å².